The molecule has 0 atom stereocenters. The van der Waals surface area contributed by atoms with E-state index in [0.29, 0.717) is 22.5 Å². The Morgan fingerprint density at radius 3 is 1.95 bits per heavy atom. The number of nitrogens with zero attached hydrogens (tertiary/aromatic N) is 2. The molecule has 2 amide bonds. The molecule has 0 saturated carbocycles. The van der Waals surface area contributed by atoms with E-state index >= 15 is 0 Å². The predicted molar refractivity (Wildman–Crippen MR) is 174 cm³/mol. The van der Waals surface area contributed by atoms with Crippen LogP contribution in [0.5, 0.6) is 0 Å². The highest BCUT2D eigenvalue weighted by atomic mass is 16.2. The van der Waals surface area contributed by atoms with Crippen LogP contribution in [0.4, 0.5) is 5.69 Å². The summed E-state index contributed by atoms with van der Waals surface area (Å²) in [5.74, 6) is -0.623. The third kappa shape index (κ3) is 3.84. The quantitative estimate of drug-likeness (QED) is 0.204. The Morgan fingerprint density at radius 2 is 1.14 bits per heavy atom. The van der Waals surface area contributed by atoms with Crippen LogP contribution in [0.15, 0.2) is 140 Å². The fourth-order valence-electron chi connectivity index (χ4n) is 6.42. The van der Waals surface area contributed by atoms with Crippen molar-refractivity contribution in [1.82, 2.24) is 4.57 Å². The Kier molecular flexibility index (Phi) is 5.63. The van der Waals surface area contributed by atoms with Crippen molar-refractivity contribution >= 4 is 39.3 Å². The first-order chi connectivity index (χ1) is 21.1. The molecule has 4 heteroatoms. The lowest BCUT2D eigenvalue weighted by Gasteiger charge is -2.15. The summed E-state index contributed by atoms with van der Waals surface area (Å²) in [4.78, 5) is 29.2. The van der Waals surface area contributed by atoms with Crippen molar-refractivity contribution in [1.29, 1.82) is 0 Å². The van der Waals surface area contributed by atoms with Gasteiger partial charge in [0.1, 0.15) is 0 Å². The Balaban J connectivity index is 1.27. The van der Waals surface area contributed by atoms with Gasteiger partial charge in [0, 0.05) is 10.8 Å². The largest absolute Gasteiger partial charge is 0.308 e. The number of aryl methyl sites for hydroxylation is 1. The van der Waals surface area contributed by atoms with E-state index < -0.39 is 0 Å². The lowest BCUT2D eigenvalue weighted by Crippen LogP contribution is -2.29. The van der Waals surface area contributed by atoms with E-state index in [-0.39, 0.29) is 11.8 Å². The van der Waals surface area contributed by atoms with Crippen LogP contribution in [-0.4, -0.2) is 16.4 Å². The first kappa shape index (κ1) is 25.0. The Hall–Kier alpha value is -5.74. The van der Waals surface area contributed by atoms with Gasteiger partial charge in [-0.1, -0.05) is 97.1 Å². The second kappa shape index (κ2) is 9.68. The molecule has 6 aromatic carbocycles. The van der Waals surface area contributed by atoms with Gasteiger partial charge in [0.15, 0.2) is 0 Å². The normalized spacial score (nSPS) is 12.8. The van der Waals surface area contributed by atoms with Gasteiger partial charge in [-0.2, -0.15) is 0 Å². The summed E-state index contributed by atoms with van der Waals surface area (Å²) < 4.78 is 2.12. The summed E-state index contributed by atoms with van der Waals surface area (Å²) in [6.07, 6.45) is 0. The number of benzene rings is 6. The van der Waals surface area contributed by atoms with Gasteiger partial charge in [0.25, 0.3) is 11.8 Å². The average Bonchev–Trinajstić information content (AvgIpc) is 3.52. The molecule has 8 rings (SSSR count). The van der Waals surface area contributed by atoms with Gasteiger partial charge in [-0.05, 0) is 77.2 Å². The molecule has 7 aromatic rings. The van der Waals surface area contributed by atoms with Crippen molar-refractivity contribution < 1.29 is 9.59 Å². The zero-order valence-corrected chi connectivity index (χ0v) is 23.5. The summed E-state index contributed by atoms with van der Waals surface area (Å²) >= 11 is 0. The van der Waals surface area contributed by atoms with E-state index in [9.17, 15) is 9.59 Å². The summed E-state index contributed by atoms with van der Waals surface area (Å²) in [7, 11) is 0. The van der Waals surface area contributed by atoms with Crippen LogP contribution in [0.1, 0.15) is 26.3 Å². The number of fused-ring (bicyclic) bond motifs is 4. The fourth-order valence-corrected chi connectivity index (χ4v) is 6.42. The van der Waals surface area contributed by atoms with Crippen molar-refractivity contribution in [3.8, 4) is 27.9 Å². The smallest absolute Gasteiger partial charge is 0.268 e. The maximum atomic E-state index is 14.1. The fraction of sp³-hybridized carbons (Fsp3) is 0.0256. The SMILES string of the molecule is Cc1ccccc1-c1ccc2c(c1)c1ccccc1n2-c1cccc2c1C(=O)N(c1ccc(-c3ccccc3)cc1)C2=O. The number of hydrogen-bond acceptors (Lipinski definition) is 2. The monoisotopic (exact) mass is 554 g/mol. The number of hydrogen-bond donors (Lipinski definition) is 0. The van der Waals surface area contributed by atoms with Crippen LogP contribution in [0, 0.1) is 6.92 Å². The lowest BCUT2D eigenvalue weighted by molar-refractivity contribution is 0.0926. The van der Waals surface area contributed by atoms with E-state index in [2.05, 4.69) is 66.1 Å². The number of aromatic nitrogens is 1. The molecular weight excluding hydrogens is 528 g/mol. The molecule has 4 nitrogen and oxygen atoms in total. The number of carbonyl (C=O) groups is 2. The van der Waals surface area contributed by atoms with E-state index in [1.54, 1.807) is 6.07 Å². The molecule has 204 valence electrons. The van der Waals surface area contributed by atoms with Crippen molar-refractivity contribution in [3.05, 3.63) is 156 Å². The number of carbonyl (C=O) groups excluding carboxylic acids is 2. The van der Waals surface area contributed by atoms with Gasteiger partial charge >= 0.3 is 0 Å². The second-order valence-corrected chi connectivity index (χ2v) is 11.0. The highest BCUT2D eigenvalue weighted by molar-refractivity contribution is 6.35. The molecular formula is C39H26N2O2. The molecule has 43 heavy (non-hydrogen) atoms. The Bertz CT molecular complexity index is 2230. The molecule has 0 saturated heterocycles. The molecule has 0 aliphatic carbocycles. The van der Waals surface area contributed by atoms with Crippen LogP contribution in [0.3, 0.4) is 0 Å². The van der Waals surface area contributed by atoms with Crippen LogP contribution >= 0.6 is 0 Å². The van der Waals surface area contributed by atoms with E-state index in [1.807, 2.05) is 78.9 Å². The topological polar surface area (TPSA) is 42.3 Å². The standard InChI is InChI=1S/C39H26N2O2/c1-25-10-5-6-13-30(25)28-20-23-35-33(24-28)31-14-7-8-16-34(31)41(35)36-17-9-15-32-37(36)39(43)40(38(32)42)29-21-18-27(19-22-29)26-11-3-2-4-12-26/h2-24H,1H3. The minimum atomic E-state index is -0.314. The molecule has 0 spiro atoms. The number of para-hydroxylation sites is 1. The molecule has 1 aliphatic rings. The summed E-state index contributed by atoms with van der Waals surface area (Å²) in [6.45, 7) is 2.12. The Labute approximate surface area is 249 Å². The lowest BCUT2D eigenvalue weighted by atomic mass is 9.99. The summed E-state index contributed by atoms with van der Waals surface area (Å²) in [6, 6.07) is 46.3. The third-order valence-electron chi connectivity index (χ3n) is 8.50. The maximum absolute atomic E-state index is 14.1. The van der Waals surface area contributed by atoms with Crippen molar-refractivity contribution in [2.45, 2.75) is 6.92 Å². The minimum Gasteiger partial charge on any atom is -0.308 e. The van der Waals surface area contributed by atoms with Crippen molar-refractivity contribution in [2.75, 3.05) is 4.90 Å². The number of amides is 2. The van der Waals surface area contributed by atoms with Gasteiger partial charge in [-0.3, -0.25) is 9.59 Å². The van der Waals surface area contributed by atoms with E-state index in [1.165, 1.54) is 16.0 Å². The molecule has 0 unspecified atom stereocenters. The number of imide groups is 1. The highest BCUT2D eigenvalue weighted by Crippen LogP contribution is 2.39. The number of rotatable bonds is 4. The molecule has 0 fully saturated rings. The van der Waals surface area contributed by atoms with Gasteiger partial charge in [-0.25, -0.2) is 4.90 Å². The van der Waals surface area contributed by atoms with Crippen LogP contribution in [-0.2, 0) is 0 Å². The second-order valence-electron chi connectivity index (χ2n) is 11.0. The molecule has 0 bridgehead atoms. The van der Waals surface area contributed by atoms with Crippen molar-refractivity contribution in [3.63, 3.8) is 0 Å². The molecule has 1 aromatic heterocycles. The van der Waals surface area contributed by atoms with Gasteiger partial charge in [0.2, 0.25) is 0 Å². The predicted octanol–water partition coefficient (Wildman–Crippen LogP) is 9.23. The van der Waals surface area contributed by atoms with E-state index in [4.69, 9.17) is 0 Å². The first-order valence-corrected chi connectivity index (χ1v) is 14.4. The van der Waals surface area contributed by atoms with Crippen molar-refractivity contribution in [2.24, 2.45) is 0 Å². The minimum absolute atomic E-state index is 0.308. The molecule has 1 aliphatic heterocycles. The number of anilines is 1. The third-order valence-corrected chi connectivity index (χ3v) is 8.50. The molecule has 0 N–H and O–H groups in total. The molecule has 2 heterocycles. The summed E-state index contributed by atoms with van der Waals surface area (Å²) in [5, 5.41) is 2.19. The summed E-state index contributed by atoms with van der Waals surface area (Å²) in [5.41, 5.74) is 9.72. The van der Waals surface area contributed by atoms with Gasteiger partial charge in [-0.15, -0.1) is 0 Å². The zero-order chi connectivity index (χ0) is 29.1. The highest BCUT2D eigenvalue weighted by Gasteiger charge is 2.39. The van der Waals surface area contributed by atoms with Gasteiger partial charge < -0.3 is 4.57 Å². The maximum Gasteiger partial charge on any atom is 0.268 e. The van der Waals surface area contributed by atoms with Crippen LogP contribution < -0.4 is 4.90 Å². The molecule has 0 radical (unpaired) electrons. The first-order valence-electron chi connectivity index (χ1n) is 14.4. The van der Waals surface area contributed by atoms with Crippen LogP contribution in [0.2, 0.25) is 0 Å². The average molecular weight is 555 g/mol. The van der Waals surface area contributed by atoms with Gasteiger partial charge in [0.05, 0.1) is 33.5 Å². The van der Waals surface area contributed by atoms with E-state index in [0.717, 1.165) is 38.5 Å². The Morgan fingerprint density at radius 1 is 0.488 bits per heavy atom. The van der Waals surface area contributed by atoms with Crippen LogP contribution in [0.25, 0.3) is 49.7 Å². The zero-order valence-electron chi connectivity index (χ0n) is 23.5.